The largest absolute Gasteiger partial charge is 0.490 e. The van der Waals surface area contributed by atoms with E-state index in [-0.39, 0.29) is 12.4 Å². The topological polar surface area (TPSA) is 74.1 Å². The van der Waals surface area contributed by atoms with Gasteiger partial charge in [-0.25, -0.2) is 9.07 Å². The van der Waals surface area contributed by atoms with E-state index in [1.807, 2.05) is 13.0 Å². The molecule has 0 aliphatic heterocycles. The fourth-order valence-electron chi connectivity index (χ4n) is 2.62. The molecule has 9 heteroatoms. The van der Waals surface area contributed by atoms with Gasteiger partial charge in [-0.3, -0.25) is 0 Å². The first-order valence-corrected chi connectivity index (χ1v) is 9.42. The highest BCUT2D eigenvalue weighted by atomic mass is 35.5. The number of tetrazole rings is 1. The van der Waals surface area contributed by atoms with Crippen molar-refractivity contribution >= 4 is 17.5 Å². The van der Waals surface area contributed by atoms with Gasteiger partial charge in [0.15, 0.2) is 11.5 Å². The van der Waals surface area contributed by atoms with Crippen molar-refractivity contribution in [2.45, 2.75) is 26.6 Å². The molecule has 0 unspecified atom stereocenters. The van der Waals surface area contributed by atoms with Gasteiger partial charge in [0.25, 0.3) is 0 Å². The van der Waals surface area contributed by atoms with E-state index < -0.39 is 0 Å². The maximum atomic E-state index is 13.1. The molecule has 29 heavy (non-hydrogen) atoms. The first-order chi connectivity index (χ1) is 14.1. The molecule has 0 aliphatic rings. The number of nitrogens with zero attached hydrogens (tertiary/aromatic N) is 4. The molecule has 2 aromatic carbocycles. The maximum absolute atomic E-state index is 13.1. The van der Waals surface area contributed by atoms with Crippen molar-refractivity contribution in [3.8, 4) is 11.5 Å². The second kappa shape index (κ2) is 9.88. The lowest BCUT2D eigenvalue weighted by Crippen LogP contribution is -2.09. The summed E-state index contributed by atoms with van der Waals surface area (Å²) in [6, 6.07) is 9.74. The molecule has 0 bridgehead atoms. The van der Waals surface area contributed by atoms with Crippen molar-refractivity contribution in [2.75, 3.05) is 11.9 Å². The average Bonchev–Trinajstić information content (AvgIpc) is 3.15. The van der Waals surface area contributed by atoms with Crippen LogP contribution in [-0.2, 0) is 19.7 Å². The molecular weight excluding hydrogens is 397 g/mol. The van der Waals surface area contributed by atoms with Crippen LogP contribution < -0.4 is 14.8 Å². The molecule has 0 saturated heterocycles. The zero-order valence-electron chi connectivity index (χ0n) is 15.9. The van der Waals surface area contributed by atoms with Crippen LogP contribution in [0.2, 0.25) is 5.02 Å². The number of halogens is 2. The molecule has 0 aliphatic carbocycles. The minimum Gasteiger partial charge on any atom is -0.490 e. The summed E-state index contributed by atoms with van der Waals surface area (Å²) in [5, 5.41) is 15.1. The van der Waals surface area contributed by atoms with Gasteiger partial charge < -0.3 is 14.8 Å². The Morgan fingerprint density at radius 1 is 1.21 bits per heavy atom. The summed E-state index contributed by atoms with van der Waals surface area (Å²) < 4.78 is 26.2. The fraction of sp³-hybridized carbons (Fsp3) is 0.250. The number of ether oxygens (including phenoxy) is 2. The summed E-state index contributed by atoms with van der Waals surface area (Å²) in [6.07, 6.45) is 1.71. The third kappa shape index (κ3) is 5.45. The molecular formula is C20H21ClFN5O2. The number of nitrogens with one attached hydrogen (secondary N) is 1. The summed E-state index contributed by atoms with van der Waals surface area (Å²) in [7, 11) is 0. The second-order valence-corrected chi connectivity index (χ2v) is 6.49. The number of rotatable bonds is 10. The van der Waals surface area contributed by atoms with Gasteiger partial charge in [0.2, 0.25) is 5.95 Å². The van der Waals surface area contributed by atoms with Crippen LogP contribution in [0.25, 0.3) is 0 Å². The summed E-state index contributed by atoms with van der Waals surface area (Å²) in [6.45, 7) is 7.20. The molecule has 0 radical (unpaired) electrons. The lowest BCUT2D eigenvalue weighted by Gasteiger charge is -2.16. The Balaban J connectivity index is 1.73. The molecule has 1 N–H and O–H groups in total. The van der Waals surface area contributed by atoms with E-state index in [2.05, 4.69) is 27.4 Å². The minimum absolute atomic E-state index is 0.244. The Morgan fingerprint density at radius 3 is 2.72 bits per heavy atom. The number of aromatic nitrogens is 4. The van der Waals surface area contributed by atoms with Crippen molar-refractivity contribution in [1.82, 2.24) is 20.2 Å². The van der Waals surface area contributed by atoms with Gasteiger partial charge >= 0.3 is 0 Å². The van der Waals surface area contributed by atoms with Crippen molar-refractivity contribution in [2.24, 2.45) is 0 Å². The normalized spacial score (nSPS) is 10.6. The molecule has 0 saturated carbocycles. The summed E-state index contributed by atoms with van der Waals surface area (Å²) in [5.74, 6) is 1.20. The fourth-order valence-corrected chi connectivity index (χ4v) is 2.91. The predicted octanol–water partition coefficient (Wildman–Crippen LogP) is 4.24. The van der Waals surface area contributed by atoms with Crippen molar-refractivity contribution in [3.63, 3.8) is 0 Å². The zero-order chi connectivity index (χ0) is 20.6. The van der Waals surface area contributed by atoms with Crippen LogP contribution in [-0.4, -0.2) is 26.8 Å². The van der Waals surface area contributed by atoms with E-state index >= 15 is 0 Å². The van der Waals surface area contributed by atoms with Crippen LogP contribution >= 0.6 is 11.6 Å². The number of anilines is 1. The molecule has 152 valence electrons. The van der Waals surface area contributed by atoms with Crippen LogP contribution in [0.5, 0.6) is 11.5 Å². The van der Waals surface area contributed by atoms with E-state index in [0.717, 1.165) is 11.1 Å². The molecule has 1 heterocycles. The SMILES string of the molecule is C=CCn1nnnc1NCc1cc(Cl)c(OCc2ccc(F)cc2)c(OCC)c1. The van der Waals surface area contributed by atoms with Crippen molar-refractivity contribution in [1.29, 1.82) is 0 Å². The number of benzene rings is 2. The number of hydrogen-bond acceptors (Lipinski definition) is 6. The Hall–Kier alpha value is -3.13. The summed E-state index contributed by atoms with van der Waals surface area (Å²) >= 11 is 6.45. The first-order valence-electron chi connectivity index (χ1n) is 9.04. The van der Waals surface area contributed by atoms with E-state index in [1.54, 1.807) is 29.0 Å². The highest BCUT2D eigenvalue weighted by Crippen LogP contribution is 2.37. The van der Waals surface area contributed by atoms with E-state index in [1.165, 1.54) is 12.1 Å². The molecule has 3 rings (SSSR count). The van der Waals surface area contributed by atoms with Crippen LogP contribution in [0.1, 0.15) is 18.1 Å². The number of hydrogen-bond donors (Lipinski definition) is 1. The molecule has 0 amide bonds. The minimum atomic E-state index is -0.294. The molecule has 7 nitrogen and oxygen atoms in total. The Labute approximate surface area is 173 Å². The lowest BCUT2D eigenvalue weighted by molar-refractivity contribution is 0.269. The van der Waals surface area contributed by atoms with Gasteiger partial charge in [-0.15, -0.1) is 6.58 Å². The molecule has 0 atom stereocenters. The smallest absolute Gasteiger partial charge is 0.243 e. The van der Waals surface area contributed by atoms with Gasteiger partial charge in [-0.1, -0.05) is 34.9 Å². The van der Waals surface area contributed by atoms with Gasteiger partial charge in [-0.05, 0) is 52.7 Å². The standard InChI is InChI=1S/C20H21ClFN5O2/c1-3-9-27-20(24-25-26-27)23-12-15-10-17(21)19(18(11-15)28-4-2)29-13-14-5-7-16(22)8-6-14/h3,5-8,10-11H,1,4,9,12-13H2,2H3,(H,23,24,26). The van der Waals surface area contributed by atoms with E-state index in [4.69, 9.17) is 21.1 Å². The zero-order valence-corrected chi connectivity index (χ0v) is 16.7. The van der Waals surface area contributed by atoms with Crippen LogP contribution in [0.15, 0.2) is 49.1 Å². The second-order valence-electron chi connectivity index (χ2n) is 6.08. The van der Waals surface area contributed by atoms with Gasteiger partial charge in [0.05, 0.1) is 18.2 Å². The summed E-state index contributed by atoms with van der Waals surface area (Å²) in [4.78, 5) is 0. The maximum Gasteiger partial charge on any atom is 0.243 e. The summed E-state index contributed by atoms with van der Waals surface area (Å²) in [5.41, 5.74) is 1.70. The Kier molecular flexibility index (Phi) is 7.02. The monoisotopic (exact) mass is 417 g/mol. The van der Waals surface area contributed by atoms with Gasteiger partial charge in [0, 0.05) is 6.54 Å². The van der Waals surface area contributed by atoms with Gasteiger partial charge in [0.1, 0.15) is 12.4 Å². The van der Waals surface area contributed by atoms with Crippen LogP contribution in [0.4, 0.5) is 10.3 Å². The lowest BCUT2D eigenvalue weighted by atomic mass is 10.2. The Morgan fingerprint density at radius 2 is 2.00 bits per heavy atom. The van der Waals surface area contributed by atoms with Crippen molar-refractivity contribution < 1.29 is 13.9 Å². The Bertz CT molecular complexity index is 962. The third-order valence-corrected chi connectivity index (χ3v) is 4.23. The third-order valence-electron chi connectivity index (χ3n) is 3.95. The average molecular weight is 418 g/mol. The molecule has 0 fully saturated rings. The van der Waals surface area contributed by atoms with E-state index in [0.29, 0.717) is 42.2 Å². The quantitative estimate of drug-likeness (QED) is 0.497. The molecule has 0 spiro atoms. The molecule has 3 aromatic rings. The number of allylic oxidation sites excluding steroid dienone is 1. The van der Waals surface area contributed by atoms with Crippen molar-refractivity contribution in [3.05, 3.63) is 71.0 Å². The highest BCUT2D eigenvalue weighted by Gasteiger charge is 2.14. The van der Waals surface area contributed by atoms with Gasteiger partial charge in [-0.2, -0.15) is 0 Å². The first kappa shape index (κ1) is 20.6. The van der Waals surface area contributed by atoms with Crippen LogP contribution in [0, 0.1) is 5.82 Å². The van der Waals surface area contributed by atoms with E-state index in [9.17, 15) is 4.39 Å². The highest BCUT2D eigenvalue weighted by molar-refractivity contribution is 6.32. The molecule has 1 aromatic heterocycles. The predicted molar refractivity (Wildman–Crippen MR) is 109 cm³/mol. The van der Waals surface area contributed by atoms with Crippen LogP contribution in [0.3, 0.4) is 0 Å².